The molecule has 0 saturated carbocycles. The second kappa shape index (κ2) is 8.26. The van der Waals surface area contributed by atoms with Crippen molar-refractivity contribution < 1.29 is 4.74 Å². The van der Waals surface area contributed by atoms with Gasteiger partial charge in [-0.2, -0.15) is 10.4 Å². The van der Waals surface area contributed by atoms with E-state index in [2.05, 4.69) is 31.1 Å². The number of nitrogens with one attached hydrogen (secondary N) is 1. The van der Waals surface area contributed by atoms with Gasteiger partial charge in [-0.05, 0) is 25.0 Å². The number of morpholine rings is 1. The molecule has 2 saturated heterocycles. The molecule has 0 bridgehead atoms. The van der Waals surface area contributed by atoms with Crippen molar-refractivity contribution in [1.82, 2.24) is 20.1 Å². The van der Waals surface area contributed by atoms with E-state index in [1.54, 1.807) is 6.07 Å². The van der Waals surface area contributed by atoms with Crippen molar-refractivity contribution in [3.63, 3.8) is 0 Å². The number of nitrogens with zero attached hydrogens (tertiary/aromatic N) is 5. The normalized spacial score (nSPS) is 21.2. The van der Waals surface area contributed by atoms with Gasteiger partial charge in [-0.3, -0.25) is 10.00 Å². The lowest BCUT2D eigenvalue weighted by molar-refractivity contribution is 0.0340. The third kappa shape index (κ3) is 4.08. The highest BCUT2D eigenvalue weighted by Gasteiger charge is 2.26. The zero-order valence-corrected chi connectivity index (χ0v) is 16.0. The molecule has 2 fully saturated rings. The van der Waals surface area contributed by atoms with Gasteiger partial charge in [0.2, 0.25) is 0 Å². The number of ether oxygens (including phenoxy) is 1. The smallest absolute Gasteiger partial charge is 0.161 e. The topological polar surface area (TPSA) is 81.1 Å². The predicted octanol–water partition coefficient (Wildman–Crippen LogP) is 2.55. The molecule has 0 amide bonds. The summed E-state index contributed by atoms with van der Waals surface area (Å²) in [7, 11) is 0. The van der Waals surface area contributed by atoms with E-state index in [0.717, 1.165) is 64.6 Å². The van der Waals surface area contributed by atoms with E-state index in [4.69, 9.17) is 16.3 Å². The van der Waals surface area contributed by atoms with Crippen molar-refractivity contribution in [3.8, 4) is 6.07 Å². The van der Waals surface area contributed by atoms with Gasteiger partial charge in [-0.15, -0.1) is 0 Å². The molecule has 0 aromatic carbocycles. The van der Waals surface area contributed by atoms with Crippen LogP contribution in [0.1, 0.15) is 35.7 Å². The summed E-state index contributed by atoms with van der Waals surface area (Å²) in [6.07, 6.45) is 4.15. The highest BCUT2D eigenvalue weighted by Crippen LogP contribution is 2.31. The van der Waals surface area contributed by atoms with Crippen LogP contribution in [-0.4, -0.2) is 59.5 Å². The van der Waals surface area contributed by atoms with E-state index in [1.165, 1.54) is 11.3 Å². The Labute approximate surface area is 163 Å². The Bertz CT molecular complexity index is 826. The minimum absolute atomic E-state index is 0.283. The molecule has 8 heteroatoms. The highest BCUT2D eigenvalue weighted by atomic mass is 35.5. The molecule has 2 aromatic rings. The zero-order chi connectivity index (χ0) is 18.6. The van der Waals surface area contributed by atoms with Crippen LogP contribution in [0, 0.1) is 11.3 Å². The Hall–Kier alpha value is -2.14. The molecule has 2 aromatic heterocycles. The first-order valence-corrected chi connectivity index (χ1v) is 9.76. The number of rotatable bonds is 4. The van der Waals surface area contributed by atoms with Crippen LogP contribution in [0.2, 0.25) is 5.02 Å². The SMILES string of the molecule is N#Cc1nc(N2CCCC(c3[nH]ncc3CN3CCOCC3)C2)ccc1Cl. The van der Waals surface area contributed by atoms with E-state index < -0.39 is 0 Å². The number of H-pyrrole nitrogens is 1. The second-order valence-electron chi connectivity index (χ2n) is 7.09. The lowest BCUT2D eigenvalue weighted by Gasteiger charge is -2.34. The maximum Gasteiger partial charge on any atom is 0.161 e. The van der Waals surface area contributed by atoms with Crippen LogP contribution >= 0.6 is 11.6 Å². The molecular weight excluding hydrogens is 364 g/mol. The molecule has 0 spiro atoms. The summed E-state index contributed by atoms with van der Waals surface area (Å²) >= 11 is 6.03. The van der Waals surface area contributed by atoms with Gasteiger partial charge in [-0.25, -0.2) is 4.98 Å². The second-order valence-corrected chi connectivity index (χ2v) is 7.50. The molecule has 1 atom stereocenters. The quantitative estimate of drug-likeness (QED) is 0.869. The van der Waals surface area contributed by atoms with Gasteiger partial charge in [0.25, 0.3) is 0 Å². The molecule has 2 aliphatic heterocycles. The number of hydrogen-bond donors (Lipinski definition) is 1. The average Bonchev–Trinajstić information content (AvgIpc) is 3.17. The molecule has 2 aliphatic rings. The molecular formula is C19H23ClN6O. The maximum absolute atomic E-state index is 9.19. The van der Waals surface area contributed by atoms with E-state index in [9.17, 15) is 5.26 Å². The molecule has 4 rings (SSSR count). The highest BCUT2D eigenvalue weighted by molar-refractivity contribution is 6.31. The summed E-state index contributed by atoms with van der Waals surface area (Å²) in [6, 6.07) is 5.72. The third-order valence-corrected chi connectivity index (χ3v) is 5.64. The lowest BCUT2D eigenvalue weighted by atomic mass is 9.92. The molecule has 4 heterocycles. The van der Waals surface area contributed by atoms with Crippen LogP contribution in [0.3, 0.4) is 0 Å². The third-order valence-electron chi connectivity index (χ3n) is 5.34. The Morgan fingerprint density at radius 2 is 2.15 bits per heavy atom. The lowest BCUT2D eigenvalue weighted by Crippen LogP contribution is -2.37. The molecule has 142 valence electrons. The number of anilines is 1. The first-order valence-electron chi connectivity index (χ1n) is 9.38. The number of pyridine rings is 1. The fourth-order valence-electron chi connectivity index (χ4n) is 3.91. The first-order chi connectivity index (χ1) is 13.2. The molecule has 7 nitrogen and oxygen atoms in total. The van der Waals surface area contributed by atoms with Crippen molar-refractivity contribution in [2.75, 3.05) is 44.3 Å². The van der Waals surface area contributed by atoms with E-state index in [-0.39, 0.29) is 5.69 Å². The Balaban J connectivity index is 1.49. The maximum atomic E-state index is 9.19. The van der Waals surface area contributed by atoms with Crippen LogP contribution < -0.4 is 4.90 Å². The van der Waals surface area contributed by atoms with Gasteiger partial charge in [-0.1, -0.05) is 11.6 Å². The van der Waals surface area contributed by atoms with Crippen molar-refractivity contribution in [3.05, 3.63) is 40.3 Å². The van der Waals surface area contributed by atoms with Crippen LogP contribution in [0.5, 0.6) is 0 Å². The number of hydrogen-bond acceptors (Lipinski definition) is 6. The molecule has 1 N–H and O–H groups in total. The largest absolute Gasteiger partial charge is 0.379 e. The molecule has 0 aliphatic carbocycles. The minimum Gasteiger partial charge on any atom is -0.379 e. The summed E-state index contributed by atoms with van der Waals surface area (Å²) in [5.41, 5.74) is 2.78. The van der Waals surface area contributed by atoms with Gasteiger partial charge >= 0.3 is 0 Å². The molecule has 0 radical (unpaired) electrons. The van der Waals surface area contributed by atoms with E-state index in [1.807, 2.05) is 12.3 Å². The van der Waals surface area contributed by atoms with Crippen LogP contribution in [0.25, 0.3) is 0 Å². The summed E-state index contributed by atoms with van der Waals surface area (Å²) in [6.45, 7) is 6.23. The predicted molar refractivity (Wildman–Crippen MR) is 103 cm³/mol. The van der Waals surface area contributed by atoms with Crippen molar-refractivity contribution in [2.45, 2.75) is 25.3 Å². The van der Waals surface area contributed by atoms with Crippen molar-refractivity contribution >= 4 is 17.4 Å². The van der Waals surface area contributed by atoms with Gasteiger partial charge in [0, 0.05) is 49.9 Å². The monoisotopic (exact) mass is 386 g/mol. The summed E-state index contributed by atoms with van der Waals surface area (Å²) in [4.78, 5) is 9.09. The summed E-state index contributed by atoms with van der Waals surface area (Å²) < 4.78 is 5.44. The number of aromatic nitrogens is 3. The number of piperidine rings is 1. The average molecular weight is 387 g/mol. The fraction of sp³-hybridized carbons (Fsp3) is 0.526. The van der Waals surface area contributed by atoms with Gasteiger partial charge < -0.3 is 9.64 Å². The van der Waals surface area contributed by atoms with Crippen LogP contribution in [-0.2, 0) is 11.3 Å². The van der Waals surface area contributed by atoms with Crippen molar-refractivity contribution in [2.24, 2.45) is 0 Å². The Morgan fingerprint density at radius 3 is 2.96 bits per heavy atom. The Morgan fingerprint density at radius 1 is 1.30 bits per heavy atom. The minimum atomic E-state index is 0.283. The first kappa shape index (κ1) is 18.2. The summed E-state index contributed by atoms with van der Waals surface area (Å²) in [5.74, 6) is 1.19. The number of nitriles is 1. The van der Waals surface area contributed by atoms with Crippen LogP contribution in [0.15, 0.2) is 18.3 Å². The fourth-order valence-corrected chi connectivity index (χ4v) is 4.06. The summed E-state index contributed by atoms with van der Waals surface area (Å²) in [5, 5.41) is 17.2. The van der Waals surface area contributed by atoms with Gasteiger partial charge in [0.15, 0.2) is 5.69 Å². The van der Waals surface area contributed by atoms with E-state index >= 15 is 0 Å². The molecule has 27 heavy (non-hydrogen) atoms. The van der Waals surface area contributed by atoms with E-state index in [0.29, 0.717) is 10.9 Å². The van der Waals surface area contributed by atoms with Crippen LogP contribution in [0.4, 0.5) is 5.82 Å². The van der Waals surface area contributed by atoms with Crippen molar-refractivity contribution in [1.29, 1.82) is 5.26 Å². The standard InChI is InChI=1S/C19H23ClN6O/c20-16-3-4-18(23-17(16)10-21)26-5-1-2-14(13-26)19-15(11-22-24-19)12-25-6-8-27-9-7-25/h3-4,11,14H,1-2,5-9,12-13H2,(H,22,24). The Kier molecular flexibility index (Phi) is 5.58. The van der Waals surface area contributed by atoms with Gasteiger partial charge in [0.1, 0.15) is 11.9 Å². The number of aromatic amines is 1. The molecule has 1 unspecified atom stereocenters. The number of halogens is 1. The van der Waals surface area contributed by atoms with Gasteiger partial charge in [0.05, 0.1) is 24.4 Å². The zero-order valence-electron chi connectivity index (χ0n) is 15.2.